The van der Waals surface area contributed by atoms with Gasteiger partial charge in [-0.2, -0.15) is 0 Å². The summed E-state index contributed by atoms with van der Waals surface area (Å²) in [5, 5.41) is 2.12. The van der Waals surface area contributed by atoms with Crippen molar-refractivity contribution in [2.75, 3.05) is 13.1 Å². The van der Waals surface area contributed by atoms with Crippen molar-refractivity contribution in [3.8, 4) is 0 Å². The minimum Gasteiger partial charge on any atom is -0.326 e. The molecule has 4 heteroatoms. The summed E-state index contributed by atoms with van der Waals surface area (Å²) >= 11 is 5.35. The van der Waals surface area contributed by atoms with Gasteiger partial charge in [0.25, 0.3) is 0 Å². The van der Waals surface area contributed by atoms with Crippen LogP contribution < -0.4 is 5.73 Å². The van der Waals surface area contributed by atoms with Gasteiger partial charge >= 0.3 is 0 Å². The topological polar surface area (TPSA) is 29.3 Å². The summed E-state index contributed by atoms with van der Waals surface area (Å²) < 4.78 is 1.23. The lowest BCUT2D eigenvalue weighted by molar-refractivity contribution is 0.329. The van der Waals surface area contributed by atoms with Crippen LogP contribution >= 0.6 is 27.3 Å². The first-order valence-electron chi connectivity index (χ1n) is 4.45. The number of hydrogen-bond donors (Lipinski definition) is 1. The van der Waals surface area contributed by atoms with Gasteiger partial charge in [0.1, 0.15) is 0 Å². The summed E-state index contributed by atoms with van der Waals surface area (Å²) in [6, 6.07) is 2.49. The fourth-order valence-corrected chi connectivity index (χ4v) is 3.17. The van der Waals surface area contributed by atoms with Gasteiger partial charge in [-0.1, -0.05) is 0 Å². The van der Waals surface area contributed by atoms with E-state index in [9.17, 15) is 0 Å². The standard InChI is InChI=1S/C9H13BrN2S/c10-8-2-4-13-9(8)6-12-3-1-7(11)5-12/h2,4,7H,1,3,5-6,11H2/t7-/m0/s1. The Hall–Kier alpha value is 0.100. The maximum absolute atomic E-state index is 5.84. The highest BCUT2D eigenvalue weighted by molar-refractivity contribution is 9.10. The zero-order valence-corrected chi connectivity index (χ0v) is 9.77. The molecule has 1 aromatic rings. The van der Waals surface area contributed by atoms with Gasteiger partial charge in [-0.15, -0.1) is 11.3 Å². The van der Waals surface area contributed by atoms with Crippen molar-refractivity contribution in [2.24, 2.45) is 5.73 Å². The normalized spacial score (nSPS) is 24.0. The molecule has 0 bridgehead atoms. The Kier molecular flexibility index (Phi) is 3.03. The van der Waals surface area contributed by atoms with E-state index in [0.29, 0.717) is 6.04 Å². The number of hydrogen-bond acceptors (Lipinski definition) is 3. The van der Waals surface area contributed by atoms with Crippen LogP contribution in [0.1, 0.15) is 11.3 Å². The third-order valence-corrected chi connectivity index (χ3v) is 4.28. The van der Waals surface area contributed by atoms with Crippen LogP contribution in [0.15, 0.2) is 15.9 Å². The number of nitrogens with two attached hydrogens (primary N) is 1. The van der Waals surface area contributed by atoms with Crippen LogP contribution in [0, 0.1) is 0 Å². The SMILES string of the molecule is N[C@H]1CCN(Cc2sccc2Br)C1. The average Bonchev–Trinajstić information content (AvgIpc) is 2.64. The molecule has 1 aromatic heterocycles. The highest BCUT2D eigenvalue weighted by Crippen LogP contribution is 2.25. The minimum absolute atomic E-state index is 0.388. The molecule has 0 spiro atoms. The van der Waals surface area contributed by atoms with Gasteiger partial charge in [-0.05, 0) is 33.8 Å². The van der Waals surface area contributed by atoms with E-state index in [1.807, 2.05) is 11.3 Å². The minimum atomic E-state index is 0.388. The number of nitrogens with zero attached hydrogens (tertiary/aromatic N) is 1. The van der Waals surface area contributed by atoms with Crippen molar-refractivity contribution in [2.45, 2.75) is 19.0 Å². The summed E-state index contributed by atoms with van der Waals surface area (Å²) in [6.07, 6.45) is 1.14. The first kappa shape index (κ1) is 9.65. The van der Waals surface area contributed by atoms with Crippen molar-refractivity contribution in [3.05, 3.63) is 20.8 Å². The maximum Gasteiger partial charge on any atom is 0.0339 e. The highest BCUT2D eigenvalue weighted by Gasteiger charge is 2.19. The molecule has 72 valence electrons. The predicted octanol–water partition coefficient (Wildman–Crippen LogP) is 2.04. The lowest BCUT2D eigenvalue weighted by Gasteiger charge is -2.13. The number of likely N-dealkylation sites (tertiary alicyclic amines) is 1. The van der Waals surface area contributed by atoms with Crippen LogP contribution in [0.2, 0.25) is 0 Å². The lowest BCUT2D eigenvalue weighted by atomic mass is 10.3. The molecule has 0 aromatic carbocycles. The zero-order valence-electron chi connectivity index (χ0n) is 7.37. The van der Waals surface area contributed by atoms with E-state index >= 15 is 0 Å². The van der Waals surface area contributed by atoms with Crippen molar-refractivity contribution in [1.82, 2.24) is 4.90 Å². The monoisotopic (exact) mass is 260 g/mol. The number of halogens is 1. The second kappa shape index (κ2) is 4.09. The highest BCUT2D eigenvalue weighted by atomic mass is 79.9. The van der Waals surface area contributed by atoms with Gasteiger partial charge < -0.3 is 5.73 Å². The van der Waals surface area contributed by atoms with Crippen LogP contribution in [-0.2, 0) is 6.54 Å². The third kappa shape index (κ3) is 2.31. The molecule has 1 saturated heterocycles. The Morgan fingerprint density at radius 1 is 1.69 bits per heavy atom. The molecule has 2 heterocycles. The molecule has 1 atom stereocenters. The predicted molar refractivity (Wildman–Crippen MR) is 59.9 cm³/mol. The smallest absolute Gasteiger partial charge is 0.0339 e. The molecule has 0 amide bonds. The van der Waals surface area contributed by atoms with E-state index < -0.39 is 0 Å². The summed E-state index contributed by atoms with van der Waals surface area (Å²) in [5.74, 6) is 0. The molecule has 1 fully saturated rings. The molecule has 1 aliphatic rings. The van der Waals surface area contributed by atoms with Crippen LogP contribution in [0.25, 0.3) is 0 Å². The first-order chi connectivity index (χ1) is 6.25. The van der Waals surface area contributed by atoms with E-state index in [-0.39, 0.29) is 0 Å². The van der Waals surface area contributed by atoms with Crippen LogP contribution in [-0.4, -0.2) is 24.0 Å². The van der Waals surface area contributed by atoms with Crippen LogP contribution in [0.5, 0.6) is 0 Å². The van der Waals surface area contributed by atoms with Gasteiger partial charge in [0.2, 0.25) is 0 Å². The van der Waals surface area contributed by atoms with Crippen LogP contribution in [0.3, 0.4) is 0 Å². The Balaban J connectivity index is 1.95. The Labute approximate surface area is 90.9 Å². The van der Waals surface area contributed by atoms with E-state index in [1.165, 1.54) is 9.35 Å². The Morgan fingerprint density at radius 2 is 2.54 bits per heavy atom. The Morgan fingerprint density at radius 3 is 3.08 bits per heavy atom. The second-order valence-electron chi connectivity index (χ2n) is 3.48. The van der Waals surface area contributed by atoms with E-state index in [1.54, 1.807) is 0 Å². The maximum atomic E-state index is 5.84. The summed E-state index contributed by atoms with van der Waals surface area (Å²) in [4.78, 5) is 3.83. The lowest BCUT2D eigenvalue weighted by Crippen LogP contribution is -2.26. The fourth-order valence-electron chi connectivity index (χ4n) is 1.65. The second-order valence-corrected chi connectivity index (χ2v) is 5.33. The van der Waals surface area contributed by atoms with Gasteiger partial charge in [0.05, 0.1) is 0 Å². The molecule has 2 nitrogen and oxygen atoms in total. The number of thiophene rings is 1. The first-order valence-corrected chi connectivity index (χ1v) is 6.13. The van der Waals surface area contributed by atoms with Gasteiger partial charge in [0.15, 0.2) is 0 Å². The van der Waals surface area contributed by atoms with E-state index in [0.717, 1.165) is 26.1 Å². The zero-order chi connectivity index (χ0) is 9.26. The summed E-state index contributed by atoms with van der Waals surface area (Å²) in [7, 11) is 0. The number of rotatable bonds is 2. The van der Waals surface area contributed by atoms with Crippen molar-refractivity contribution in [1.29, 1.82) is 0 Å². The van der Waals surface area contributed by atoms with Gasteiger partial charge in [-0.3, -0.25) is 4.90 Å². The largest absolute Gasteiger partial charge is 0.326 e. The van der Waals surface area contributed by atoms with Crippen molar-refractivity contribution < 1.29 is 0 Å². The molecular formula is C9H13BrN2S. The molecule has 2 rings (SSSR count). The third-order valence-electron chi connectivity index (χ3n) is 2.37. The molecule has 1 aliphatic heterocycles. The van der Waals surface area contributed by atoms with Gasteiger partial charge in [-0.25, -0.2) is 0 Å². The molecule has 0 radical (unpaired) electrons. The van der Waals surface area contributed by atoms with E-state index in [4.69, 9.17) is 5.73 Å². The quantitative estimate of drug-likeness (QED) is 0.882. The van der Waals surface area contributed by atoms with E-state index in [2.05, 4.69) is 32.3 Å². The summed E-state index contributed by atoms with van der Waals surface area (Å²) in [5.41, 5.74) is 5.84. The molecule has 2 N–H and O–H groups in total. The molecular weight excluding hydrogens is 248 g/mol. The average molecular weight is 261 g/mol. The molecule has 0 unspecified atom stereocenters. The molecule has 13 heavy (non-hydrogen) atoms. The van der Waals surface area contributed by atoms with Gasteiger partial charge in [0, 0.05) is 35.0 Å². The summed E-state index contributed by atoms with van der Waals surface area (Å²) in [6.45, 7) is 3.24. The Bertz CT molecular complexity index is 287. The van der Waals surface area contributed by atoms with Crippen molar-refractivity contribution in [3.63, 3.8) is 0 Å². The van der Waals surface area contributed by atoms with Crippen LogP contribution in [0.4, 0.5) is 0 Å². The fraction of sp³-hybridized carbons (Fsp3) is 0.556. The molecule has 0 aliphatic carbocycles. The molecule has 0 saturated carbocycles. The van der Waals surface area contributed by atoms with Crippen molar-refractivity contribution >= 4 is 27.3 Å².